The highest BCUT2D eigenvalue weighted by molar-refractivity contribution is 7.93. The summed E-state index contributed by atoms with van der Waals surface area (Å²) in [4.78, 5) is 0. The van der Waals surface area contributed by atoms with Crippen LogP contribution in [-0.2, 0) is 15.9 Å². The van der Waals surface area contributed by atoms with Gasteiger partial charge in [-0.15, -0.1) is 10.2 Å². The molecule has 0 aliphatic rings. The van der Waals surface area contributed by atoms with Crippen molar-refractivity contribution in [2.75, 3.05) is 6.26 Å². The fourth-order valence-corrected chi connectivity index (χ4v) is 2.19. The van der Waals surface area contributed by atoms with Crippen LogP contribution in [0.5, 0.6) is 0 Å². The van der Waals surface area contributed by atoms with Crippen LogP contribution in [-0.4, -0.2) is 25.9 Å². The number of halogens is 3. The number of hydrogen-bond donors (Lipinski definition) is 0. The van der Waals surface area contributed by atoms with Crippen molar-refractivity contribution in [3.8, 4) is 11.5 Å². The summed E-state index contributed by atoms with van der Waals surface area (Å²) in [6, 6.07) is 6.06. The summed E-state index contributed by atoms with van der Waals surface area (Å²) in [5.41, 5.74) is 0.801. The van der Waals surface area contributed by atoms with Gasteiger partial charge in [0.1, 0.15) is 0 Å². The molecule has 2 rings (SSSR count). The van der Waals surface area contributed by atoms with Gasteiger partial charge in [0.2, 0.25) is 5.89 Å². The van der Waals surface area contributed by atoms with Crippen LogP contribution >= 0.6 is 0 Å². The van der Waals surface area contributed by atoms with Gasteiger partial charge in [-0.25, -0.2) is 4.21 Å². The Hall–Kier alpha value is -1.90. The van der Waals surface area contributed by atoms with Gasteiger partial charge in [0.15, 0.2) is 0 Å². The quantitative estimate of drug-likeness (QED) is 0.854. The number of rotatable bonds is 3. The molecular formula is C13H14F3N3O2S. The second-order valence-electron chi connectivity index (χ2n) is 4.96. The first-order valence-corrected chi connectivity index (χ1v) is 8.30. The Balaban J connectivity index is 2.30. The number of benzene rings is 1. The van der Waals surface area contributed by atoms with Gasteiger partial charge >= 0.3 is 12.1 Å². The molecule has 2 aromatic rings. The van der Waals surface area contributed by atoms with Gasteiger partial charge in [-0.05, 0) is 24.3 Å². The Morgan fingerprint density at radius 3 is 2.23 bits per heavy atom. The number of aromatic nitrogens is 2. The maximum absolute atomic E-state index is 12.4. The molecule has 1 unspecified atom stereocenters. The molecule has 0 saturated heterocycles. The van der Waals surface area contributed by atoms with E-state index < -0.39 is 21.8 Å². The summed E-state index contributed by atoms with van der Waals surface area (Å²) >= 11 is 0. The van der Waals surface area contributed by atoms with Crippen LogP contribution in [0.4, 0.5) is 18.9 Å². The number of nitrogens with zero attached hydrogens (tertiary/aromatic N) is 3. The van der Waals surface area contributed by atoms with E-state index >= 15 is 0 Å². The lowest BCUT2D eigenvalue weighted by Gasteiger charge is -2.07. The molecular weight excluding hydrogens is 319 g/mol. The molecule has 1 aromatic carbocycles. The van der Waals surface area contributed by atoms with Crippen LogP contribution in [0.3, 0.4) is 0 Å². The van der Waals surface area contributed by atoms with Gasteiger partial charge < -0.3 is 4.42 Å². The molecule has 0 amide bonds. The Morgan fingerprint density at radius 1 is 1.18 bits per heavy atom. The van der Waals surface area contributed by atoms with Crippen molar-refractivity contribution in [1.82, 2.24) is 10.2 Å². The van der Waals surface area contributed by atoms with Crippen molar-refractivity contribution in [3.63, 3.8) is 0 Å². The third-order valence-corrected chi connectivity index (χ3v) is 5.27. The minimum absolute atomic E-state index is 0.113. The normalized spacial score (nSPS) is 14.9. The van der Waals surface area contributed by atoms with E-state index in [9.17, 15) is 17.4 Å². The van der Waals surface area contributed by atoms with Crippen LogP contribution in [0.15, 0.2) is 33.0 Å². The van der Waals surface area contributed by atoms with E-state index in [1.165, 1.54) is 12.1 Å². The van der Waals surface area contributed by atoms with Crippen molar-refractivity contribution in [2.45, 2.75) is 25.3 Å². The van der Waals surface area contributed by atoms with Crippen LogP contribution in [0.1, 0.15) is 19.7 Å². The first-order valence-electron chi connectivity index (χ1n) is 6.32. The van der Waals surface area contributed by atoms with E-state index in [0.717, 1.165) is 0 Å². The third-order valence-electron chi connectivity index (χ3n) is 2.94. The molecule has 1 heterocycles. The van der Waals surface area contributed by atoms with E-state index in [0.29, 0.717) is 11.3 Å². The Bertz CT molecular complexity index is 773. The maximum Gasteiger partial charge on any atom is 0.470 e. The van der Waals surface area contributed by atoms with Gasteiger partial charge in [0.25, 0.3) is 0 Å². The number of hydrogen-bond acceptors (Lipinski definition) is 5. The van der Waals surface area contributed by atoms with Crippen LogP contribution in [0.2, 0.25) is 0 Å². The molecule has 5 nitrogen and oxygen atoms in total. The highest BCUT2D eigenvalue weighted by Gasteiger charge is 2.38. The summed E-state index contributed by atoms with van der Waals surface area (Å²) in [5, 5.41) is 6.21. The van der Waals surface area contributed by atoms with Crippen molar-refractivity contribution in [2.24, 2.45) is 4.36 Å². The summed E-state index contributed by atoms with van der Waals surface area (Å²) in [6.45, 7) is 3.61. The smallest absolute Gasteiger partial charge is 0.413 e. The van der Waals surface area contributed by atoms with Crippen LogP contribution < -0.4 is 0 Å². The zero-order valence-corrected chi connectivity index (χ0v) is 12.9. The molecule has 0 aliphatic carbocycles. The van der Waals surface area contributed by atoms with Crippen LogP contribution in [0.25, 0.3) is 11.5 Å². The average molecular weight is 333 g/mol. The summed E-state index contributed by atoms with van der Waals surface area (Å²) in [7, 11) is -2.37. The molecule has 120 valence electrons. The largest absolute Gasteiger partial charge is 0.470 e. The second kappa shape index (κ2) is 5.71. The molecule has 9 heteroatoms. The molecule has 0 saturated carbocycles. The van der Waals surface area contributed by atoms with Gasteiger partial charge in [-0.2, -0.15) is 17.5 Å². The van der Waals surface area contributed by atoms with E-state index in [2.05, 4.69) is 19.0 Å². The van der Waals surface area contributed by atoms with E-state index in [4.69, 9.17) is 0 Å². The Kier molecular flexibility index (Phi) is 4.28. The summed E-state index contributed by atoms with van der Waals surface area (Å²) < 4.78 is 58.1. The third kappa shape index (κ3) is 3.65. The summed E-state index contributed by atoms with van der Waals surface area (Å²) in [5.74, 6) is -1.63. The lowest BCUT2D eigenvalue weighted by Crippen LogP contribution is -2.10. The summed E-state index contributed by atoms with van der Waals surface area (Å²) in [6.07, 6.45) is -3.12. The molecule has 0 radical (unpaired) electrons. The van der Waals surface area contributed by atoms with E-state index in [-0.39, 0.29) is 11.1 Å². The highest BCUT2D eigenvalue weighted by Crippen LogP contribution is 2.30. The number of alkyl halides is 3. The Labute approximate surface area is 125 Å². The van der Waals surface area contributed by atoms with Crippen LogP contribution in [0, 0.1) is 0 Å². The van der Waals surface area contributed by atoms with Crippen molar-refractivity contribution >= 4 is 15.4 Å². The van der Waals surface area contributed by atoms with Gasteiger partial charge in [0, 0.05) is 17.1 Å². The minimum Gasteiger partial charge on any atom is -0.413 e. The zero-order chi connectivity index (χ0) is 16.5. The molecule has 22 heavy (non-hydrogen) atoms. The predicted octanol–water partition coefficient (Wildman–Crippen LogP) is 3.89. The van der Waals surface area contributed by atoms with Gasteiger partial charge in [-0.1, -0.05) is 13.8 Å². The van der Waals surface area contributed by atoms with Gasteiger partial charge in [-0.3, -0.25) is 0 Å². The minimum atomic E-state index is -4.68. The molecule has 1 aromatic heterocycles. The lowest BCUT2D eigenvalue weighted by molar-refractivity contribution is -0.156. The standard InChI is InChI=1S/C13H14F3N3O2S/c1-8(2)22(3,20)19-10-6-4-9(5-7-10)11-17-18-12(21-11)13(14,15)16/h4-8H,1-3H3. The molecule has 0 spiro atoms. The maximum atomic E-state index is 12.4. The fourth-order valence-electron chi connectivity index (χ4n) is 1.43. The molecule has 0 aliphatic heterocycles. The molecule has 1 atom stereocenters. The Morgan fingerprint density at radius 2 is 1.77 bits per heavy atom. The second-order valence-corrected chi connectivity index (χ2v) is 7.81. The topological polar surface area (TPSA) is 68.3 Å². The molecule has 0 N–H and O–H groups in total. The highest BCUT2D eigenvalue weighted by atomic mass is 32.2. The lowest BCUT2D eigenvalue weighted by atomic mass is 10.2. The van der Waals surface area contributed by atoms with E-state index in [1.54, 1.807) is 32.2 Å². The molecule has 0 fully saturated rings. The average Bonchev–Trinajstić information content (AvgIpc) is 2.88. The van der Waals surface area contributed by atoms with Crippen molar-refractivity contribution < 1.29 is 21.8 Å². The fraction of sp³-hybridized carbons (Fsp3) is 0.385. The van der Waals surface area contributed by atoms with Crippen molar-refractivity contribution in [3.05, 3.63) is 30.2 Å². The zero-order valence-electron chi connectivity index (χ0n) is 12.1. The SMILES string of the molecule is CC(C)S(C)(=O)=Nc1ccc(-c2nnc(C(F)(F)F)o2)cc1. The van der Waals surface area contributed by atoms with Gasteiger partial charge in [0.05, 0.1) is 15.4 Å². The predicted molar refractivity (Wildman–Crippen MR) is 76.0 cm³/mol. The van der Waals surface area contributed by atoms with E-state index in [1.807, 2.05) is 0 Å². The monoisotopic (exact) mass is 333 g/mol. The van der Waals surface area contributed by atoms with Crippen molar-refractivity contribution in [1.29, 1.82) is 0 Å². The first-order chi connectivity index (χ1) is 10.1. The molecule has 0 bridgehead atoms. The first kappa shape index (κ1) is 16.5.